The van der Waals surface area contributed by atoms with Crippen LogP contribution in [0.3, 0.4) is 0 Å². The lowest BCUT2D eigenvalue weighted by atomic mass is 10.1. The number of rotatable bonds is 6. The van der Waals surface area contributed by atoms with E-state index >= 15 is 0 Å². The highest BCUT2D eigenvalue weighted by Gasteiger charge is 2.26. The fourth-order valence-electron chi connectivity index (χ4n) is 3.06. The van der Waals surface area contributed by atoms with E-state index in [0.717, 1.165) is 18.9 Å². The van der Waals surface area contributed by atoms with Crippen molar-refractivity contribution in [2.75, 3.05) is 25.6 Å². The molecule has 0 aromatic carbocycles. The number of hydrogen-bond acceptors (Lipinski definition) is 6. The average molecular weight is 400 g/mol. The molecule has 2 N–H and O–H groups in total. The summed E-state index contributed by atoms with van der Waals surface area (Å²) in [5.41, 5.74) is 6.45. The number of fused-ring (bicyclic) bond motifs is 1. The van der Waals surface area contributed by atoms with Crippen LogP contribution in [0.1, 0.15) is 18.9 Å². The molecular weight excluding hydrogens is 374 g/mol. The molecule has 0 amide bonds. The van der Waals surface area contributed by atoms with Gasteiger partial charge in [-0.05, 0) is 18.9 Å². The Bertz CT molecular complexity index is 839. The Morgan fingerprint density at radius 1 is 1.38 bits per heavy atom. The van der Waals surface area contributed by atoms with Crippen LogP contribution < -0.4 is 11.4 Å². The molecule has 1 atom stereocenters. The third kappa shape index (κ3) is 4.11. The summed E-state index contributed by atoms with van der Waals surface area (Å²) in [6, 6.07) is 0.931. The zero-order chi connectivity index (χ0) is 18.9. The molecule has 0 bridgehead atoms. The van der Waals surface area contributed by atoms with Crippen LogP contribution in [0.4, 0.5) is 5.95 Å². The number of hydrogen-bond donors (Lipinski definition) is 1. The first-order valence-electron chi connectivity index (χ1n) is 8.87. The molecule has 3 heterocycles. The molecule has 2 aromatic heterocycles. The maximum atomic E-state index is 13.1. The predicted octanol–water partition coefficient (Wildman–Crippen LogP) is 2.49. The summed E-state index contributed by atoms with van der Waals surface area (Å²) in [5, 5.41) is 0.161. The molecule has 144 valence electrons. The summed E-state index contributed by atoms with van der Waals surface area (Å²) in [6.45, 7) is 8.75. The molecule has 1 unspecified atom stereocenters. The topological polar surface area (TPSA) is 97.2 Å². The Balaban J connectivity index is 1.97. The lowest BCUT2D eigenvalue weighted by molar-refractivity contribution is 0.0568. The van der Waals surface area contributed by atoms with Crippen LogP contribution in [0.15, 0.2) is 4.79 Å². The van der Waals surface area contributed by atoms with Crippen LogP contribution >= 0.6 is 11.6 Å². The van der Waals surface area contributed by atoms with E-state index in [9.17, 15) is 4.79 Å². The van der Waals surface area contributed by atoms with E-state index in [0.29, 0.717) is 31.0 Å². The Kier molecular flexibility index (Phi) is 5.71. The number of anilines is 1. The van der Waals surface area contributed by atoms with Crippen molar-refractivity contribution in [3.8, 4) is 0 Å². The number of halogens is 1. The maximum absolute atomic E-state index is 13.1. The number of nitrogen functional groups attached to an aromatic ring is 1. The zero-order valence-electron chi connectivity index (χ0n) is 15.5. The smallest absolute Gasteiger partial charge is 0.332 e. The summed E-state index contributed by atoms with van der Waals surface area (Å²) in [4.78, 5) is 21.4. The third-order valence-corrected chi connectivity index (χ3v) is 6.46. The van der Waals surface area contributed by atoms with E-state index in [-0.39, 0.29) is 29.6 Å². The number of ether oxygens (including phenoxy) is 2. The van der Waals surface area contributed by atoms with Crippen molar-refractivity contribution in [3.05, 3.63) is 15.6 Å². The van der Waals surface area contributed by atoms with Crippen LogP contribution in [0.2, 0.25) is 30.8 Å². The van der Waals surface area contributed by atoms with Crippen molar-refractivity contribution in [1.29, 1.82) is 0 Å². The Labute approximate surface area is 158 Å². The quantitative estimate of drug-likeness (QED) is 0.455. The molecule has 1 aliphatic heterocycles. The second-order valence-corrected chi connectivity index (χ2v) is 13.8. The van der Waals surface area contributed by atoms with E-state index in [1.54, 1.807) is 4.57 Å². The van der Waals surface area contributed by atoms with Gasteiger partial charge in [-0.2, -0.15) is 9.97 Å². The molecule has 3 rings (SSSR count). The van der Waals surface area contributed by atoms with Crippen molar-refractivity contribution in [2.24, 2.45) is 0 Å². The van der Waals surface area contributed by atoms with Gasteiger partial charge in [0.1, 0.15) is 12.2 Å². The Morgan fingerprint density at radius 2 is 2.15 bits per heavy atom. The minimum atomic E-state index is -1.20. The van der Waals surface area contributed by atoms with Crippen LogP contribution in [0.5, 0.6) is 0 Å². The molecular formula is C16H26ClN5O3Si. The van der Waals surface area contributed by atoms with Gasteiger partial charge in [0.05, 0.1) is 12.6 Å². The van der Waals surface area contributed by atoms with Gasteiger partial charge in [-0.3, -0.25) is 9.13 Å². The Morgan fingerprint density at radius 3 is 2.81 bits per heavy atom. The molecule has 0 radical (unpaired) electrons. The fourth-order valence-corrected chi connectivity index (χ4v) is 4.09. The van der Waals surface area contributed by atoms with Crippen LogP contribution in [0.25, 0.3) is 11.2 Å². The predicted molar refractivity (Wildman–Crippen MR) is 104 cm³/mol. The van der Waals surface area contributed by atoms with Crippen molar-refractivity contribution in [2.45, 2.75) is 51.3 Å². The standard InChI is InChI=1S/C16H26ClN5O3Si/c1-26(2,3)8-7-25-10-21-12-13(17)19-15(18)20-14(12)22(16(21)23)11-5-4-6-24-9-11/h11H,4-10H2,1-3H3,(H2,18,19,20). The first-order valence-corrected chi connectivity index (χ1v) is 13.0. The number of nitrogens with two attached hydrogens (primary N) is 1. The van der Waals surface area contributed by atoms with Gasteiger partial charge < -0.3 is 15.2 Å². The van der Waals surface area contributed by atoms with Crippen LogP contribution in [-0.4, -0.2) is 47.0 Å². The normalized spacial score (nSPS) is 18.5. The van der Waals surface area contributed by atoms with E-state index in [1.807, 2.05) is 0 Å². The van der Waals surface area contributed by atoms with Crippen molar-refractivity contribution in [1.82, 2.24) is 19.1 Å². The summed E-state index contributed by atoms with van der Waals surface area (Å²) >= 11 is 6.29. The number of imidazole rings is 1. The highest BCUT2D eigenvalue weighted by atomic mass is 35.5. The van der Waals surface area contributed by atoms with Gasteiger partial charge in [0.25, 0.3) is 0 Å². The number of nitrogens with zero attached hydrogens (tertiary/aromatic N) is 4. The van der Waals surface area contributed by atoms with Crippen molar-refractivity contribution >= 4 is 36.8 Å². The largest absolute Gasteiger partial charge is 0.379 e. The highest BCUT2D eigenvalue weighted by molar-refractivity contribution is 6.76. The molecule has 26 heavy (non-hydrogen) atoms. The lowest BCUT2D eigenvalue weighted by Gasteiger charge is -2.22. The van der Waals surface area contributed by atoms with Crippen LogP contribution in [-0.2, 0) is 16.2 Å². The van der Waals surface area contributed by atoms with E-state index in [4.69, 9.17) is 26.8 Å². The van der Waals surface area contributed by atoms with E-state index < -0.39 is 8.07 Å². The molecule has 0 saturated carbocycles. The second kappa shape index (κ2) is 7.67. The molecule has 10 heteroatoms. The van der Waals surface area contributed by atoms with Crippen molar-refractivity contribution in [3.63, 3.8) is 0 Å². The van der Waals surface area contributed by atoms with Crippen molar-refractivity contribution < 1.29 is 9.47 Å². The highest BCUT2D eigenvalue weighted by Crippen LogP contribution is 2.26. The number of aromatic nitrogens is 4. The van der Waals surface area contributed by atoms with E-state index in [1.165, 1.54) is 4.57 Å². The van der Waals surface area contributed by atoms with E-state index in [2.05, 4.69) is 29.6 Å². The Hall–Kier alpha value is -1.42. The molecule has 8 nitrogen and oxygen atoms in total. The molecule has 1 aliphatic rings. The minimum absolute atomic E-state index is 0.0461. The molecule has 0 aliphatic carbocycles. The molecule has 1 fully saturated rings. The summed E-state index contributed by atoms with van der Waals surface area (Å²) in [6.07, 6.45) is 1.74. The first kappa shape index (κ1) is 19.3. The molecule has 2 aromatic rings. The second-order valence-electron chi connectivity index (χ2n) is 7.84. The maximum Gasteiger partial charge on any atom is 0.332 e. The van der Waals surface area contributed by atoms with Crippen LogP contribution in [0, 0.1) is 0 Å². The zero-order valence-corrected chi connectivity index (χ0v) is 17.3. The fraction of sp³-hybridized carbons (Fsp3) is 0.688. The van der Waals surface area contributed by atoms with Gasteiger partial charge >= 0.3 is 5.69 Å². The third-order valence-electron chi connectivity index (χ3n) is 4.49. The van der Waals surface area contributed by atoms with Gasteiger partial charge in [0, 0.05) is 21.3 Å². The molecule has 0 spiro atoms. The SMILES string of the molecule is C[Si](C)(C)CCOCn1c(=O)n(C2CCCOC2)c2nc(N)nc(Cl)c21. The molecule has 1 saturated heterocycles. The summed E-state index contributed by atoms with van der Waals surface area (Å²) < 4.78 is 14.4. The van der Waals surface area contributed by atoms with Gasteiger partial charge in [0.15, 0.2) is 10.8 Å². The first-order chi connectivity index (χ1) is 12.3. The lowest BCUT2D eigenvalue weighted by Crippen LogP contribution is -2.32. The average Bonchev–Trinajstić information content (AvgIpc) is 2.83. The summed E-state index contributed by atoms with van der Waals surface area (Å²) in [5.74, 6) is 0.0461. The van der Waals surface area contributed by atoms with Gasteiger partial charge in [-0.15, -0.1) is 0 Å². The summed E-state index contributed by atoms with van der Waals surface area (Å²) in [7, 11) is -1.20. The van der Waals surface area contributed by atoms with Gasteiger partial charge in [-0.1, -0.05) is 31.2 Å². The van der Waals surface area contributed by atoms with Gasteiger partial charge in [0.2, 0.25) is 5.95 Å². The van der Waals surface area contributed by atoms with Gasteiger partial charge in [-0.25, -0.2) is 4.79 Å². The minimum Gasteiger partial charge on any atom is -0.379 e. The monoisotopic (exact) mass is 399 g/mol.